The van der Waals surface area contributed by atoms with Gasteiger partial charge in [0.05, 0.1) is 6.04 Å². The maximum absolute atomic E-state index is 3.68. The monoisotopic (exact) mass is 323 g/mol. The van der Waals surface area contributed by atoms with Gasteiger partial charge in [0, 0.05) is 14.2 Å². The third-order valence-electron chi connectivity index (χ3n) is 2.83. The van der Waals surface area contributed by atoms with E-state index in [9.17, 15) is 0 Å². The van der Waals surface area contributed by atoms with Crippen LogP contribution in [-0.4, -0.2) is 6.54 Å². The van der Waals surface area contributed by atoms with E-state index in [1.807, 2.05) is 11.3 Å². The number of benzene rings is 1. The molecule has 0 spiro atoms. The molecule has 0 radical (unpaired) electrons. The molecule has 1 N–H and O–H groups in total. The summed E-state index contributed by atoms with van der Waals surface area (Å²) in [7, 11) is 0. The average molecular weight is 324 g/mol. The highest BCUT2D eigenvalue weighted by atomic mass is 79.9. The topological polar surface area (TPSA) is 12.0 Å². The molecule has 0 saturated carbocycles. The Morgan fingerprint density at radius 1 is 1.28 bits per heavy atom. The van der Waals surface area contributed by atoms with Gasteiger partial charge >= 0.3 is 0 Å². The first kappa shape index (κ1) is 13.8. The third kappa shape index (κ3) is 3.22. The van der Waals surface area contributed by atoms with Gasteiger partial charge in [-0.2, -0.15) is 0 Å². The number of halogens is 1. The summed E-state index contributed by atoms with van der Waals surface area (Å²) in [6.07, 6.45) is 1.14. The zero-order chi connectivity index (χ0) is 13.0. The molecule has 0 aliphatic heterocycles. The molecule has 0 bridgehead atoms. The van der Waals surface area contributed by atoms with E-state index in [-0.39, 0.29) is 0 Å². The molecule has 18 heavy (non-hydrogen) atoms. The molecule has 1 atom stereocenters. The van der Waals surface area contributed by atoms with Gasteiger partial charge in [-0.05, 0) is 47.4 Å². The minimum Gasteiger partial charge on any atom is -0.306 e. The van der Waals surface area contributed by atoms with Crippen LogP contribution in [0, 0.1) is 6.92 Å². The summed E-state index contributed by atoms with van der Waals surface area (Å²) in [5, 5.41) is 3.64. The van der Waals surface area contributed by atoms with Gasteiger partial charge in [-0.1, -0.05) is 37.3 Å². The molecular weight excluding hydrogens is 306 g/mol. The van der Waals surface area contributed by atoms with Crippen LogP contribution in [0.5, 0.6) is 0 Å². The van der Waals surface area contributed by atoms with Crippen molar-refractivity contribution in [2.45, 2.75) is 26.3 Å². The van der Waals surface area contributed by atoms with Gasteiger partial charge in [0.2, 0.25) is 0 Å². The van der Waals surface area contributed by atoms with Crippen LogP contribution in [-0.2, 0) is 0 Å². The molecule has 3 heteroatoms. The summed E-state index contributed by atoms with van der Waals surface area (Å²) < 4.78 is 1.21. The van der Waals surface area contributed by atoms with Crippen LogP contribution in [0.2, 0.25) is 0 Å². The molecule has 1 unspecified atom stereocenters. The number of aryl methyl sites for hydroxylation is 1. The van der Waals surface area contributed by atoms with Crippen molar-refractivity contribution in [3.63, 3.8) is 0 Å². The second-order valence-corrected chi connectivity index (χ2v) is 6.51. The minimum absolute atomic E-state index is 0.291. The van der Waals surface area contributed by atoms with Gasteiger partial charge in [-0.25, -0.2) is 0 Å². The van der Waals surface area contributed by atoms with Crippen molar-refractivity contribution in [2.75, 3.05) is 6.54 Å². The van der Waals surface area contributed by atoms with Crippen molar-refractivity contribution in [3.05, 3.63) is 56.2 Å². The normalized spacial score (nSPS) is 12.6. The van der Waals surface area contributed by atoms with E-state index in [0.29, 0.717) is 6.04 Å². The van der Waals surface area contributed by atoms with Crippen LogP contribution < -0.4 is 5.32 Å². The minimum atomic E-state index is 0.291. The maximum atomic E-state index is 3.68. The quantitative estimate of drug-likeness (QED) is 0.824. The Labute approximate surface area is 121 Å². The Kier molecular flexibility index (Phi) is 4.98. The highest BCUT2D eigenvalue weighted by Crippen LogP contribution is 2.35. The Morgan fingerprint density at radius 2 is 2.00 bits per heavy atom. The molecule has 1 heterocycles. The molecule has 0 fully saturated rings. The van der Waals surface area contributed by atoms with Crippen molar-refractivity contribution in [2.24, 2.45) is 0 Å². The number of hydrogen-bond donors (Lipinski definition) is 1. The van der Waals surface area contributed by atoms with Crippen LogP contribution in [0.4, 0.5) is 0 Å². The summed E-state index contributed by atoms with van der Waals surface area (Å²) in [5.74, 6) is 0. The summed E-state index contributed by atoms with van der Waals surface area (Å²) in [4.78, 5) is 2.71. The van der Waals surface area contributed by atoms with Gasteiger partial charge < -0.3 is 5.32 Å². The Balaban J connectivity index is 2.34. The first-order chi connectivity index (χ1) is 8.72. The molecule has 0 aliphatic rings. The smallest absolute Gasteiger partial charge is 0.0682 e. The summed E-state index contributed by atoms with van der Waals surface area (Å²) in [5.41, 5.74) is 1.33. The van der Waals surface area contributed by atoms with E-state index < -0.39 is 0 Å². The number of thiophene rings is 1. The number of nitrogens with one attached hydrogen (secondary N) is 1. The number of rotatable bonds is 5. The molecule has 2 rings (SSSR count). The molecule has 0 amide bonds. The van der Waals surface area contributed by atoms with Crippen molar-refractivity contribution in [1.82, 2.24) is 5.32 Å². The molecule has 1 nitrogen and oxygen atoms in total. The van der Waals surface area contributed by atoms with Crippen LogP contribution in [0.3, 0.4) is 0 Å². The fourth-order valence-corrected chi connectivity index (χ4v) is 3.98. The SMILES string of the molecule is CCCNC(c1ccccc1)c1sc(C)cc1Br. The lowest BCUT2D eigenvalue weighted by atomic mass is 10.1. The summed E-state index contributed by atoms with van der Waals surface area (Å²) in [6, 6.07) is 13.1. The van der Waals surface area contributed by atoms with E-state index >= 15 is 0 Å². The lowest BCUT2D eigenvalue weighted by Gasteiger charge is -2.18. The Morgan fingerprint density at radius 3 is 2.56 bits per heavy atom. The van der Waals surface area contributed by atoms with E-state index in [1.165, 1.54) is 19.8 Å². The van der Waals surface area contributed by atoms with Crippen LogP contribution in [0.15, 0.2) is 40.9 Å². The molecule has 1 aromatic carbocycles. The summed E-state index contributed by atoms with van der Waals surface area (Å²) in [6.45, 7) is 5.38. The average Bonchev–Trinajstić information content (AvgIpc) is 2.70. The largest absolute Gasteiger partial charge is 0.306 e. The maximum Gasteiger partial charge on any atom is 0.0682 e. The predicted octanol–water partition coefficient (Wildman–Crippen LogP) is 4.91. The fraction of sp³-hybridized carbons (Fsp3) is 0.333. The first-order valence-corrected chi connectivity index (χ1v) is 7.87. The number of hydrogen-bond acceptors (Lipinski definition) is 2. The zero-order valence-corrected chi connectivity index (χ0v) is 13.1. The van der Waals surface area contributed by atoms with Crippen molar-refractivity contribution in [3.8, 4) is 0 Å². The van der Waals surface area contributed by atoms with Gasteiger partial charge in [0.15, 0.2) is 0 Å². The van der Waals surface area contributed by atoms with Crippen molar-refractivity contribution >= 4 is 27.3 Å². The van der Waals surface area contributed by atoms with E-state index in [1.54, 1.807) is 0 Å². The lowest BCUT2D eigenvalue weighted by molar-refractivity contribution is 0.604. The van der Waals surface area contributed by atoms with Gasteiger partial charge in [-0.3, -0.25) is 0 Å². The third-order valence-corrected chi connectivity index (χ3v) is 4.86. The molecule has 0 saturated heterocycles. The second-order valence-electron chi connectivity index (χ2n) is 4.37. The summed E-state index contributed by atoms with van der Waals surface area (Å²) >= 11 is 5.54. The van der Waals surface area contributed by atoms with Crippen molar-refractivity contribution in [1.29, 1.82) is 0 Å². The lowest BCUT2D eigenvalue weighted by Crippen LogP contribution is -2.22. The van der Waals surface area contributed by atoms with E-state index in [0.717, 1.165) is 13.0 Å². The molecule has 1 aromatic heterocycles. The molecule has 96 valence electrons. The second kappa shape index (κ2) is 6.50. The van der Waals surface area contributed by atoms with Crippen molar-refractivity contribution < 1.29 is 0 Å². The highest BCUT2D eigenvalue weighted by Gasteiger charge is 2.18. The molecule has 2 aromatic rings. The van der Waals surface area contributed by atoms with Gasteiger partial charge in [-0.15, -0.1) is 11.3 Å². The predicted molar refractivity (Wildman–Crippen MR) is 83.3 cm³/mol. The van der Waals surface area contributed by atoms with Crippen LogP contribution in [0.1, 0.15) is 34.7 Å². The Hall–Kier alpha value is -0.640. The molecule has 0 aliphatic carbocycles. The van der Waals surface area contributed by atoms with Gasteiger partial charge in [0.1, 0.15) is 0 Å². The van der Waals surface area contributed by atoms with Crippen LogP contribution >= 0.6 is 27.3 Å². The van der Waals surface area contributed by atoms with E-state index in [4.69, 9.17) is 0 Å². The standard InChI is InChI=1S/C15H18BrNS/c1-3-9-17-14(12-7-5-4-6-8-12)15-13(16)10-11(2)18-15/h4-8,10,14,17H,3,9H2,1-2H3. The zero-order valence-electron chi connectivity index (χ0n) is 10.7. The first-order valence-electron chi connectivity index (χ1n) is 6.26. The highest BCUT2D eigenvalue weighted by molar-refractivity contribution is 9.10. The van der Waals surface area contributed by atoms with Crippen LogP contribution in [0.25, 0.3) is 0 Å². The van der Waals surface area contributed by atoms with E-state index in [2.05, 4.69) is 71.5 Å². The fourth-order valence-electron chi connectivity index (χ4n) is 1.99. The van der Waals surface area contributed by atoms with Gasteiger partial charge in [0.25, 0.3) is 0 Å². The molecular formula is C15H18BrNS. The Bertz CT molecular complexity index is 492.